The van der Waals surface area contributed by atoms with Crippen LogP contribution in [-0.4, -0.2) is 36.0 Å². The first-order valence-corrected chi connectivity index (χ1v) is 10.9. The molecule has 2 aromatic rings. The van der Waals surface area contributed by atoms with Crippen molar-refractivity contribution in [3.63, 3.8) is 0 Å². The van der Waals surface area contributed by atoms with Crippen LogP contribution in [0, 0.1) is 5.92 Å². The number of carbonyl (C=O) groups is 1. The van der Waals surface area contributed by atoms with Crippen LogP contribution in [0.5, 0.6) is 0 Å². The highest BCUT2D eigenvalue weighted by Gasteiger charge is 2.32. The minimum atomic E-state index is -4.50. The van der Waals surface area contributed by atoms with E-state index in [-0.39, 0.29) is 41.6 Å². The lowest BCUT2D eigenvalue weighted by molar-refractivity contribution is -0.137. The summed E-state index contributed by atoms with van der Waals surface area (Å²) < 4.78 is 39.6. The number of fused-ring (bicyclic) bond motifs is 1. The van der Waals surface area contributed by atoms with Crippen LogP contribution in [-0.2, 0) is 23.8 Å². The Balaban J connectivity index is 0.00000306. The number of nitrogen functional groups attached to an aromatic ring is 1. The Morgan fingerprint density at radius 2 is 1.91 bits per heavy atom. The van der Waals surface area contributed by atoms with Gasteiger partial charge in [-0.25, -0.2) is 4.98 Å². The molecule has 1 amide bonds. The summed E-state index contributed by atoms with van der Waals surface area (Å²) in [7, 11) is 1.64. The molecule has 2 aliphatic rings. The largest absolute Gasteiger partial charge is 0.416 e. The van der Waals surface area contributed by atoms with Crippen molar-refractivity contribution in [3.8, 4) is 0 Å². The highest BCUT2D eigenvalue weighted by atomic mass is 35.5. The quantitative estimate of drug-likeness (QED) is 0.566. The van der Waals surface area contributed by atoms with Gasteiger partial charge in [0.25, 0.3) is 0 Å². The number of alkyl halides is 3. The van der Waals surface area contributed by atoms with E-state index in [0.717, 1.165) is 74.3 Å². The molecule has 1 saturated heterocycles. The van der Waals surface area contributed by atoms with Crippen LogP contribution in [0.15, 0.2) is 18.2 Å². The maximum absolute atomic E-state index is 13.2. The Labute approximate surface area is 196 Å². The van der Waals surface area contributed by atoms with Crippen molar-refractivity contribution in [2.24, 2.45) is 5.92 Å². The molecule has 0 spiro atoms. The fourth-order valence-electron chi connectivity index (χ4n) is 4.50. The molecule has 4 N–H and O–H groups in total. The zero-order valence-electron chi connectivity index (χ0n) is 18.3. The van der Waals surface area contributed by atoms with Gasteiger partial charge in [0.05, 0.1) is 17.2 Å². The molecule has 7 nitrogen and oxygen atoms in total. The van der Waals surface area contributed by atoms with E-state index in [1.807, 2.05) is 0 Å². The average Bonchev–Trinajstić information content (AvgIpc) is 2.77. The SMILES string of the molecule is CNC(=O)[C@@H]1CCCN(c2nc(Nc3cc(N)cc(C(F)(F)F)c3)nc3c2CCCC3)C1.Cl. The second-order valence-electron chi connectivity index (χ2n) is 8.37. The normalized spacial score (nSPS) is 18.2. The molecule has 1 atom stereocenters. The number of aryl methyl sites for hydroxylation is 1. The first-order chi connectivity index (χ1) is 15.2. The number of nitrogens with two attached hydrogens (primary N) is 1. The Morgan fingerprint density at radius 3 is 2.64 bits per heavy atom. The fourth-order valence-corrected chi connectivity index (χ4v) is 4.50. The third-order valence-electron chi connectivity index (χ3n) is 6.04. The van der Waals surface area contributed by atoms with Gasteiger partial charge in [-0.2, -0.15) is 18.2 Å². The molecule has 180 valence electrons. The average molecular weight is 485 g/mol. The molecule has 1 fully saturated rings. The summed E-state index contributed by atoms with van der Waals surface area (Å²) in [5.41, 5.74) is 7.03. The van der Waals surface area contributed by atoms with Gasteiger partial charge in [-0.1, -0.05) is 0 Å². The standard InChI is InChI=1S/C22H27F3N6O.ClH/c1-27-20(32)13-5-4-8-31(12-13)19-17-6-2-3-7-18(17)29-21(30-19)28-16-10-14(22(23,24)25)9-15(26)11-16;/h9-11,13H,2-8,12,26H2,1H3,(H,27,32)(H,28,29,30);1H/t13-;/m1./s1. The van der Waals surface area contributed by atoms with Gasteiger partial charge in [-0.3, -0.25) is 4.79 Å². The van der Waals surface area contributed by atoms with Crippen LogP contribution in [0.3, 0.4) is 0 Å². The van der Waals surface area contributed by atoms with Gasteiger partial charge in [-0.05, 0) is 56.7 Å². The summed E-state index contributed by atoms with van der Waals surface area (Å²) >= 11 is 0. The predicted molar refractivity (Wildman–Crippen MR) is 124 cm³/mol. The lowest BCUT2D eigenvalue weighted by atomic mass is 9.93. The maximum Gasteiger partial charge on any atom is 0.416 e. The molecule has 0 saturated carbocycles. The zero-order valence-corrected chi connectivity index (χ0v) is 19.2. The Hall–Kier alpha value is -2.75. The summed E-state index contributed by atoms with van der Waals surface area (Å²) in [6.07, 6.45) is 0.852. The zero-order chi connectivity index (χ0) is 22.9. The van der Waals surface area contributed by atoms with E-state index in [4.69, 9.17) is 10.7 Å². The summed E-state index contributed by atoms with van der Waals surface area (Å²) in [5.74, 6) is 0.894. The molecule has 1 aliphatic heterocycles. The number of halogens is 4. The van der Waals surface area contributed by atoms with Crippen molar-refractivity contribution in [2.75, 3.05) is 36.1 Å². The van der Waals surface area contributed by atoms with Crippen molar-refractivity contribution < 1.29 is 18.0 Å². The van der Waals surface area contributed by atoms with E-state index < -0.39 is 11.7 Å². The molecule has 1 aromatic carbocycles. The molecule has 1 aromatic heterocycles. The number of aromatic nitrogens is 2. The van der Waals surface area contributed by atoms with Gasteiger partial charge in [-0.15, -0.1) is 12.4 Å². The number of rotatable bonds is 4. The number of piperidine rings is 1. The number of carbonyl (C=O) groups excluding carboxylic acids is 1. The number of amides is 1. The lowest BCUT2D eigenvalue weighted by Crippen LogP contribution is -2.43. The van der Waals surface area contributed by atoms with Crippen LogP contribution >= 0.6 is 12.4 Å². The minimum Gasteiger partial charge on any atom is -0.399 e. The van der Waals surface area contributed by atoms with Gasteiger partial charge in [0.15, 0.2) is 0 Å². The van der Waals surface area contributed by atoms with Gasteiger partial charge < -0.3 is 21.3 Å². The predicted octanol–water partition coefficient (Wildman–Crippen LogP) is 4.08. The van der Waals surface area contributed by atoms with E-state index in [9.17, 15) is 18.0 Å². The van der Waals surface area contributed by atoms with Crippen LogP contribution in [0.1, 0.15) is 42.5 Å². The third-order valence-corrected chi connectivity index (χ3v) is 6.04. The summed E-state index contributed by atoms with van der Waals surface area (Å²) in [6, 6.07) is 3.33. The Bertz CT molecular complexity index is 1020. The van der Waals surface area contributed by atoms with Crippen molar-refractivity contribution >= 4 is 41.5 Å². The van der Waals surface area contributed by atoms with E-state index >= 15 is 0 Å². The monoisotopic (exact) mass is 484 g/mol. The summed E-state index contributed by atoms with van der Waals surface area (Å²) in [5, 5.41) is 5.65. The number of nitrogens with one attached hydrogen (secondary N) is 2. The molecule has 0 bridgehead atoms. The van der Waals surface area contributed by atoms with Crippen molar-refractivity contribution in [1.82, 2.24) is 15.3 Å². The molecule has 1 aliphatic carbocycles. The van der Waals surface area contributed by atoms with Gasteiger partial charge in [0.2, 0.25) is 11.9 Å². The Kier molecular flexibility index (Phi) is 7.56. The van der Waals surface area contributed by atoms with Crippen LogP contribution < -0.4 is 21.3 Å². The molecule has 11 heteroatoms. The smallest absolute Gasteiger partial charge is 0.399 e. The van der Waals surface area contributed by atoms with E-state index in [1.54, 1.807) is 7.05 Å². The highest BCUT2D eigenvalue weighted by Crippen LogP contribution is 2.35. The van der Waals surface area contributed by atoms with Gasteiger partial charge in [0, 0.05) is 37.1 Å². The summed E-state index contributed by atoms with van der Waals surface area (Å²) in [4.78, 5) is 23.6. The third kappa shape index (κ3) is 5.61. The van der Waals surface area contributed by atoms with Gasteiger partial charge >= 0.3 is 6.18 Å². The Morgan fingerprint density at radius 1 is 1.15 bits per heavy atom. The van der Waals surface area contributed by atoms with Crippen LogP contribution in [0.2, 0.25) is 0 Å². The van der Waals surface area contributed by atoms with Crippen molar-refractivity contribution in [3.05, 3.63) is 35.0 Å². The second-order valence-corrected chi connectivity index (χ2v) is 8.37. The molecule has 4 rings (SSSR count). The molecule has 0 unspecified atom stereocenters. The van der Waals surface area contributed by atoms with Crippen molar-refractivity contribution in [2.45, 2.75) is 44.7 Å². The molecule has 0 radical (unpaired) electrons. The molecular weight excluding hydrogens is 457 g/mol. The van der Waals surface area contributed by atoms with Crippen LogP contribution in [0.25, 0.3) is 0 Å². The van der Waals surface area contributed by atoms with E-state index in [2.05, 4.69) is 20.5 Å². The first kappa shape index (κ1) is 24.9. The number of nitrogens with zero attached hydrogens (tertiary/aromatic N) is 3. The number of benzene rings is 1. The fraction of sp³-hybridized carbons (Fsp3) is 0.500. The number of anilines is 4. The number of hydrogen-bond acceptors (Lipinski definition) is 6. The van der Waals surface area contributed by atoms with E-state index in [1.165, 1.54) is 6.07 Å². The molecule has 2 heterocycles. The molecule has 33 heavy (non-hydrogen) atoms. The van der Waals surface area contributed by atoms with E-state index in [0.29, 0.717) is 6.54 Å². The minimum absolute atomic E-state index is 0. The number of hydrogen-bond donors (Lipinski definition) is 3. The van der Waals surface area contributed by atoms with Crippen LogP contribution in [0.4, 0.5) is 36.3 Å². The second kappa shape index (κ2) is 10.0. The lowest BCUT2D eigenvalue weighted by Gasteiger charge is -2.35. The topological polar surface area (TPSA) is 96.2 Å². The van der Waals surface area contributed by atoms with Crippen molar-refractivity contribution in [1.29, 1.82) is 0 Å². The maximum atomic E-state index is 13.2. The summed E-state index contributed by atoms with van der Waals surface area (Å²) in [6.45, 7) is 1.33. The van der Waals surface area contributed by atoms with Gasteiger partial charge in [0.1, 0.15) is 5.82 Å². The molecular formula is C22H28ClF3N6O. The highest BCUT2D eigenvalue weighted by molar-refractivity contribution is 5.85. The first-order valence-electron chi connectivity index (χ1n) is 10.9.